The van der Waals surface area contributed by atoms with Crippen LogP contribution >= 0.6 is 0 Å². The third-order valence-corrected chi connectivity index (χ3v) is 4.05. The highest BCUT2D eigenvalue weighted by atomic mass is 14.9. The van der Waals surface area contributed by atoms with Crippen molar-refractivity contribution in [2.45, 2.75) is 39.7 Å². The van der Waals surface area contributed by atoms with Gasteiger partial charge in [-0.15, -0.1) is 0 Å². The molecule has 1 saturated carbocycles. The molecule has 0 aromatic heterocycles. The molecule has 0 heterocycles. The van der Waals surface area contributed by atoms with Crippen molar-refractivity contribution in [3.05, 3.63) is 35.4 Å². The normalized spacial score (nSPS) is 24.1. The third kappa shape index (κ3) is 2.15. The fourth-order valence-corrected chi connectivity index (χ4v) is 2.64. The third-order valence-electron chi connectivity index (χ3n) is 4.05. The van der Waals surface area contributed by atoms with Gasteiger partial charge in [-0.05, 0) is 42.3 Å². The molecule has 1 aliphatic carbocycles. The van der Waals surface area contributed by atoms with Crippen molar-refractivity contribution in [3.8, 4) is 0 Å². The molecule has 1 aliphatic rings. The summed E-state index contributed by atoms with van der Waals surface area (Å²) in [5.41, 5.74) is 3.39. The highest BCUT2D eigenvalue weighted by molar-refractivity contribution is 5.27. The summed E-state index contributed by atoms with van der Waals surface area (Å²) in [6.07, 6.45) is 2.47. The average Bonchev–Trinajstić information content (AvgIpc) is 2.90. The van der Waals surface area contributed by atoms with Crippen LogP contribution in [0.25, 0.3) is 0 Å². The Morgan fingerprint density at radius 2 is 1.88 bits per heavy atom. The van der Waals surface area contributed by atoms with Crippen molar-refractivity contribution < 1.29 is 0 Å². The molecular formula is C15H23N. The summed E-state index contributed by atoms with van der Waals surface area (Å²) >= 11 is 0. The van der Waals surface area contributed by atoms with Gasteiger partial charge in [0.25, 0.3) is 0 Å². The molecule has 2 rings (SSSR count). The molecule has 16 heavy (non-hydrogen) atoms. The first-order chi connectivity index (χ1) is 7.58. The standard InChI is InChI=1S/C15H23N/c1-5-11-6-8-12(9-7-11)14(16-4)13-10-15(13,2)3/h6-9,13-14,16H,5,10H2,1-4H3. The van der Waals surface area contributed by atoms with Gasteiger partial charge in [-0.3, -0.25) is 0 Å². The number of benzene rings is 1. The van der Waals surface area contributed by atoms with Crippen LogP contribution in [0.3, 0.4) is 0 Å². The Morgan fingerprint density at radius 1 is 1.31 bits per heavy atom. The molecule has 2 atom stereocenters. The first-order valence-electron chi connectivity index (χ1n) is 6.34. The highest BCUT2D eigenvalue weighted by Crippen LogP contribution is 2.57. The minimum absolute atomic E-state index is 0.525. The molecule has 0 aliphatic heterocycles. The molecule has 1 fully saturated rings. The maximum Gasteiger partial charge on any atom is 0.0351 e. The Bertz CT molecular complexity index is 350. The number of hydrogen-bond donors (Lipinski definition) is 1. The van der Waals surface area contributed by atoms with E-state index in [9.17, 15) is 0 Å². The molecule has 1 aromatic rings. The Labute approximate surface area is 99.3 Å². The van der Waals surface area contributed by atoms with E-state index in [4.69, 9.17) is 0 Å². The average molecular weight is 217 g/mol. The van der Waals surface area contributed by atoms with Crippen LogP contribution in [-0.4, -0.2) is 7.05 Å². The van der Waals surface area contributed by atoms with Gasteiger partial charge < -0.3 is 5.32 Å². The molecule has 1 nitrogen and oxygen atoms in total. The first-order valence-corrected chi connectivity index (χ1v) is 6.34. The molecule has 88 valence electrons. The van der Waals surface area contributed by atoms with Crippen LogP contribution in [0, 0.1) is 11.3 Å². The van der Waals surface area contributed by atoms with Crippen LogP contribution in [0.5, 0.6) is 0 Å². The summed E-state index contributed by atoms with van der Waals surface area (Å²) in [6, 6.07) is 9.62. The van der Waals surface area contributed by atoms with Crippen molar-refractivity contribution in [1.29, 1.82) is 0 Å². The zero-order valence-electron chi connectivity index (χ0n) is 10.9. The van der Waals surface area contributed by atoms with Crippen LogP contribution < -0.4 is 5.32 Å². The van der Waals surface area contributed by atoms with E-state index in [0.717, 1.165) is 12.3 Å². The Hall–Kier alpha value is -0.820. The number of rotatable bonds is 4. The van der Waals surface area contributed by atoms with E-state index in [1.54, 1.807) is 0 Å². The maximum atomic E-state index is 3.47. The van der Waals surface area contributed by atoms with Gasteiger partial charge in [-0.1, -0.05) is 45.0 Å². The Kier molecular flexibility index (Phi) is 3.07. The van der Waals surface area contributed by atoms with Gasteiger partial charge in [-0.2, -0.15) is 0 Å². The van der Waals surface area contributed by atoms with E-state index in [0.29, 0.717) is 11.5 Å². The van der Waals surface area contributed by atoms with Crippen LogP contribution in [0.4, 0.5) is 0 Å². The number of hydrogen-bond acceptors (Lipinski definition) is 1. The monoisotopic (exact) mass is 217 g/mol. The van der Waals surface area contributed by atoms with E-state index in [-0.39, 0.29) is 0 Å². The maximum absolute atomic E-state index is 3.47. The van der Waals surface area contributed by atoms with E-state index in [1.807, 2.05) is 0 Å². The molecule has 1 N–H and O–H groups in total. The zero-order valence-corrected chi connectivity index (χ0v) is 10.9. The van der Waals surface area contributed by atoms with Gasteiger partial charge in [0.1, 0.15) is 0 Å². The molecule has 0 spiro atoms. The quantitative estimate of drug-likeness (QED) is 0.813. The van der Waals surface area contributed by atoms with E-state index in [1.165, 1.54) is 17.5 Å². The summed E-state index contributed by atoms with van der Waals surface area (Å²) in [6.45, 7) is 6.93. The molecule has 1 aromatic carbocycles. The van der Waals surface area contributed by atoms with Crippen molar-refractivity contribution >= 4 is 0 Å². The molecule has 0 saturated heterocycles. The van der Waals surface area contributed by atoms with Gasteiger partial charge in [-0.25, -0.2) is 0 Å². The lowest BCUT2D eigenvalue weighted by Gasteiger charge is -2.18. The second-order valence-electron chi connectivity index (χ2n) is 5.66. The fourth-order valence-electron chi connectivity index (χ4n) is 2.64. The van der Waals surface area contributed by atoms with Gasteiger partial charge in [0.15, 0.2) is 0 Å². The summed E-state index contributed by atoms with van der Waals surface area (Å²) < 4.78 is 0. The van der Waals surface area contributed by atoms with Crippen molar-refractivity contribution in [2.24, 2.45) is 11.3 Å². The summed E-state index contributed by atoms with van der Waals surface area (Å²) in [7, 11) is 2.08. The molecular weight excluding hydrogens is 194 g/mol. The fraction of sp³-hybridized carbons (Fsp3) is 0.600. The zero-order chi connectivity index (χ0) is 11.8. The predicted octanol–water partition coefficient (Wildman–Crippen LogP) is 3.56. The first kappa shape index (κ1) is 11.7. The lowest BCUT2D eigenvalue weighted by atomic mass is 9.96. The molecule has 0 amide bonds. The minimum atomic E-state index is 0.525. The number of aryl methyl sites for hydroxylation is 1. The Balaban J connectivity index is 2.15. The van der Waals surface area contributed by atoms with Crippen LogP contribution in [0.15, 0.2) is 24.3 Å². The molecule has 0 radical (unpaired) electrons. The summed E-state index contributed by atoms with van der Waals surface area (Å²) in [4.78, 5) is 0. The van der Waals surface area contributed by atoms with Crippen LogP contribution in [-0.2, 0) is 6.42 Å². The minimum Gasteiger partial charge on any atom is -0.313 e. The topological polar surface area (TPSA) is 12.0 Å². The second-order valence-corrected chi connectivity index (χ2v) is 5.66. The number of nitrogens with one attached hydrogen (secondary N) is 1. The second kappa shape index (κ2) is 4.21. The van der Waals surface area contributed by atoms with Crippen molar-refractivity contribution in [1.82, 2.24) is 5.32 Å². The molecule has 0 bridgehead atoms. The van der Waals surface area contributed by atoms with E-state index in [2.05, 4.69) is 57.4 Å². The molecule has 2 unspecified atom stereocenters. The Morgan fingerprint density at radius 3 is 2.25 bits per heavy atom. The van der Waals surface area contributed by atoms with E-state index >= 15 is 0 Å². The predicted molar refractivity (Wildman–Crippen MR) is 69.5 cm³/mol. The van der Waals surface area contributed by atoms with Gasteiger partial charge >= 0.3 is 0 Å². The van der Waals surface area contributed by atoms with Crippen LogP contribution in [0.1, 0.15) is 44.4 Å². The van der Waals surface area contributed by atoms with Crippen LogP contribution in [0.2, 0.25) is 0 Å². The lowest BCUT2D eigenvalue weighted by molar-refractivity contribution is 0.441. The summed E-state index contributed by atoms with van der Waals surface area (Å²) in [5, 5.41) is 3.47. The highest BCUT2D eigenvalue weighted by Gasteiger charge is 2.49. The van der Waals surface area contributed by atoms with Crippen molar-refractivity contribution in [3.63, 3.8) is 0 Å². The summed E-state index contributed by atoms with van der Waals surface area (Å²) in [5.74, 6) is 0.796. The largest absolute Gasteiger partial charge is 0.313 e. The van der Waals surface area contributed by atoms with Gasteiger partial charge in [0.2, 0.25) is 0 Å². The van der Waals surface area contributed by atoms with Gasteiger partial charge in [0, 0.05) is 6.04 Å². The van der Waals surface area contributed by atoms with Gasteiger partial charge in [0.05, 0.1) is 0 Å². The van der Waals surface area contributed by atoms with Crippen molar-refractivity contribution in [2.75, 3.05) is 7.05 Å². The smallest absolute Gasteiger partial charge is 0.0351 e. The lowest BCUT2D eigenvalue weighted by Crippen LogP contribution is -2.20. The molecule has 1 heteroatoms. The van der Waals surface area contributed by atoms with E-state index < -0.39 is 0 Å². The SMILES string of the molecule is CCc1ccc(C(NC)C2CC2(C)C)cc1.